The van der Waals surface area contributed by atoms with Crippen LogP contribution in [0.4, 0.5) is 0 Å². The summed E-state index contributed by atoms with van der Waals surface area (Å²) in [5, 5.41) is 18.4. The first-order chi connectivity index (χ1) is 9.37. The lowest BCUT2D eigenvalue weighted by Gasteiger charge is -2.30. The van der Waals surface area contributed by atoms with E-state index in [-0.39, 0.29) is 0 Å². The Hall–Kier alpha value is -0.870. The first-order valence-corrected chi connectivity index (χ1v) is 7.83. The maximum atomic E-state index is 10.4. The predicted molar refractivity (Wildman–Crippen MR) is 83.7 cm³/mol. The number of nitrogens with one attached hydrogen (secondary N) is 1. The molecule has 0 aliphatic heterocycles. The molecule has 4 nitrogen and oxygen atoms in total. The van der Waals surface area contributed by atoms with Gasteiger partial charge in [0.1, 0.15) is 0 Å². The zero-order chi connectivity index (χ0) is 15.3. The third-order valence-electron chi connectivity index (χ3n) is 4.49. The van der Waals surface area contributed by atoms with Crippen LogP contribution < -0.4 is 5.32 Å². The molecule has 2 unspecified atom stereocenters. The summed E-state index contributed by atoms with van der Waals surface area (Å²) in [5.74, 6) is 0.292. The summed E-state index contributed by atoms with van der Waals surface area (Å²) in [7, 11) is 2.01. The maximum absolute atomic E-state index is 10.4. The van der Waals surface area contributed by atoms with Crippen molar-refractivity contribution < 1.29 is 5.11 Å². The Morgan fingerprint density at radius 1 is 1.30 bits per heavy atom. The zero-order valence-electron chi connectivity index (χ0n) is 14.0. The molecule has 1 heterocycles. The van der Waals surface area contributed by atoms with Crippen molar-refractivity contribution in [1.82, 2.24) is 15.1 Å². The van der Waals surface area contributed by atoms with Crippen LogP contribution in [0.5, 0.6) is 0 Å². The number of aliphatic hydroxyl groups is 1. The lowest BCUT2D eigenvalue weighted by atomic mass is 9.88. The molecule has 2 atom stereocenters. The van der Waals surface area contributed by atoms with Gasteiger partial charge in [-0.2, -0.15) is 5.10 Å². The highest BCUT2D eigenvalue weighted by Crippen LogP contribution is 2.20. The maximum Gasteiger partial charge on any atom is 0.0768 e. The van der Waals surface area contributed by atoms with Crippen molar-refractivity contribution in [2.45, 2.75) is 66.0 Å². The van der Waals surface area contributed by atoms with Crippen molar-refractivity contribution in [3.05, 3.63) is 17.0 Å². The number of rotatable bonds is 8. The average molecular weight is 281 g/mol. The summed E-state index contributed by atoms with van der Waals surface area (Å²) in [6, 6.07) is 0. The molecule has 20 heavy (non-hydrogen) atoms. The van der Waals surface area contributed by atoms with Crippen molar-refractivity contribution in [3.63, 3.8) is 0 Å². The summed E-state index contributed by atoms with van der Waals surface area (Å²) >= 11 is 0. The normalized spacial score (nSPS) is 16.1. The smallest absolute Gasteiger partial charge is 0.0768 e. The third-order valence-corrected chi connectivity index (χ3v) is 4.49. The van der Waals surface area contributed by atoms with Gasteiger partial charge in [0, 0.05) is 31.4 Å². The molecule has 0 aliphatic carbocycles. The molecule has 1 rings (SSSR count). The van der Waals surface area contributed by atoms with Crippen molar-refractivity contribution in [2.75, 3.05) is 6.54 Å². The Morgan fingerprint density at radius 2 is 1.95 bits per heavy atom. The first kappa shape index (κ1) is 17.2. The average Bonchev–Trinajstić information content (AvgIpc) is 2.73. The fourth-order valence-corrected chi connectivity index (χ4v) is 2.65. The minimum Gasteiger partial charge on any atom is -0.389 e. The van der Waals surface area contributed by atoms with E-state index >= 15 is 0 Å². The molecule has 4 heteroatoms. The Labute approximate surface area is 123 Å². The summed E-state index contributed by atoms with van der Waals surface area (Å²) in [6.07, 6.45) is 2.93. The molecule has 0 saturated carbocycles. The van der Waals surface area contributed by atoms with E-state index in [1.807, 2.05) is 18.7 Å². The molecular weight excluding hydrogens is 250 g/mol. The number of aryl methyl sites for hydroxylation is 2. The van der Waals surface area contributed by atoms with E-state index in [0.717, 1.165) is 25.8 Å². The lowest BCUT2D eigenvalue weighted by Crippen LogP contribution is -2.43. The summed E-state index contributed by atoms with van der Waals surface area (Å²) in [4.78, 5) is 0. The van der Waals surface area contributed by atoms with E-state index < -0.39 is 5.60 Å². The van der Waals surface area contributed by atoms with Crippen LogP contribution in [0.3, 0.4) is 0 Å². The van der Waals surface area contributed by atoms with Gasteiger partial charge >= 0.3 is 0 Å². The summed E-state index contributed by atoms with van der Waals surface area (Å²) in [6.45, 7) is 11.8. The predicted octanol–water partition coefficient (Wildman–Crippen LogP) is 2.43. The van der Waals surface area contributed by atoms with Crippen LogP contribution in [0.25, 0.3) is 0 Å². The Bertz CT molecular complexity index is 424. The number of nitrogens with zero attached hydrogens (tertiary/aromatic N) is 2. The highest BCUT2D eigenvalue weighted by molar-refractivity contribution is 5.26. The molecule has 0 bridgehead atoms. The SMILES string of the molecule is CCc1nn(C)c(CC)c1CNCC(C)(O)C(C)CC. The van der Waals surface area contributed by atoms with Crippen molar-refractivity contribution >= 4 is 0 Å². The topological polar surface area (TPSA) is 50.1 Å². The van der Waals surface area contributed by atoms with Crippen LogP contribution in [0.15, 0.2) is 0 Å². The van der Waals surface area contributed by atoms with Gasteiger partial charge in [-0.1, -0.05) is 34.1 Å². The van der Waals surface area contributed by atoms with E-state index in [1.165, 1.54) is 17.0 Å². The summed E-state index contributed by atoms with van der Waals surface area (Å²) in [5.41, 5.74) is 3.10. The van der Waals surface area contributed by atoms with Gasteiger partial charge in [-0.05, 0) is 25.7 Å². The van der Waals surface area contributed by atoms with Gasteiger partial charge in [-0.25, -0.2) is 0 Å². The number of hydrogen-bond acceptors (Lipinski definition) is 3. The third kappa shape index (κ3) is 3.83. The second kappa shape index (κ2) is 7.23. The fourth-order valence-electron chi connectivity index (χ4n) is 2.65. The van der Waals surface area contributed by atoms with E-state index in [9.17, 15) is 5.11 Å². The van der Waals surface area contributed by atoms with Crippen LogP contribution in [0, 0.1) is 5.92 Å². The molecule has 0 amide bonds. The molecular formula is C16H31N3O. The van der Waals surface area contributed by atoms with Crippen LogP contribution in [-0.2, 0) is 26.4 Å². The molecule has 0 fully saturated rings. The summed E-state index contributed by atoms with van der Waals surface area (Å²) < 4.78 is 1.99. The monoisotopic (exact) mass is 281 g/mol. The largest absolute Gasteiger partial charge is 0.389 e. The molecule has 0 saturated heterocycles. The van der Waals surface area contributed by atoms with Crippen molar-refractivity contribution in [2.24, 2.45) is 13.0 Å². The lowest BCUT2D eigenvalue weighted by molar-refractivity contribution is 0.00532. The highest BCUT2D eigenvalue weighted by Gasteiger charge is 2.26. The van der Waals surface area contributed by atoms with Crippen LogP contribution in [0.2, 0.25) is 0 Å². The molecule has 0 aliphatic rings. The molecule has 2 N–H and O–H groups in total. The van der Waals surface area contributed by atoms with Crippen molar-refractivity contribution in [1.29, 1.82) is 0 Å². The van der Waals surface area contributed by atoms with Crippen LogP contribution in [-0.4, -0.2) is 27.0 Å². The van der Waals surface area contributed by atoms with E-state index in [0.29, 0.717) is 12.5 Å². The molecule has 0 aromatic carbocycles. The van der Waals surface area contributed by atoms with Gasteiger partial charge in [0.05, 0.1) is 11.3 Å². The Balaban J connectivity index is 2.71. The van der Waals surface area contributed by atoms with Crippen LogP contribution in [0.1, 0.15) is 58.0 Å². The van der Waals surface area contributed by atoms with E-state index in [1.54, 1.807) is 0 Å². The molecule has 1 aromatic rings. The molecule has 1 aromatic heterocycles. The Kier molecular flexibility index (Phi) is 6.21. The number of aromatic nitrogens is 2. The second-order valence-corrected chi connectivity index (χ2v) is 5.97. The Morgan fingerprint density at radius 3 is 2.45 bits per heavy atom. The van der Waals surface area contributed by atoms with Crippen LogP contribution >= 0.6 is 0 Å². The zero-order valence-corrected chi connectivity index (χ0v) is 14.0. The van der Waals surface area contributed by atoms with Gasteiger partial charge < -0.3 is 10.4 Å². The fraction of sp³-hybridized carbons (Fsp3) is 0.812. The standard InChI is InChI=1S/C16H31N3O/c1-7-12(4)16(5,20)11-17-10-13-14(8-2)18-19(6)15(13)9-3/h12,17,20H,7-11H2,1-6H3. The van der Waals surface area contributed by atoms with Gasteiger partial charge in [0.2, 0.25) is 0 Å². The minimum atomic E-state index is -0.657. The molecule has 0 spiro atoms. The second-order valence-electron chi connectivity index (χ2n) is 5.97. The van der Waals surface area contributed by atoms with Crippen molar-refractivity contribution in [3.8, 4) is 0 Å². The minimum absolute atomic E-state index is 0.292. The first-order valence-electron chi connectivity index (χ1n) is 7.83. The quantitative estimate of drug-likeness (QED) is 0.769. The molecule has 116 valence electrons. The highest BCUT2D eigenvalue weighted by atomic mass is 16.3. The van der Waals surface area contributed by atoms with E-state index in [4.69, 9.17) is 0 Å². The number of hydrogen-bond donors (Lipinski definition) is 2. The molecule has 0 radical (unpaired) electrons. The van der Waals surface area contributed by atoms with Gasteiger partial charge in [0.25, 0.3) is 0 Å². The van der Waals surface area contributed by atoms with E-state index in [2.05, 4.69) is 38.1 Å². The van der Waals surface area contributed by atoms with Gasteiger partial charge in [-0.15, -0.1) is 0 Å². The van der Waals surface area contributed by atoms with Gasteiger partial charge in [0.15, 0.2) is 0 Å². The van der Waals surface area contributed by atoms with Gasteiger partial charge in [-0.3, -0.25) is 4.68 Å².